The summed E-state index contributed by atoms with van der Waals surface area (Å²) in [7, 11) is 4.00. The summed E-state index contributed by atoms with van der Waals surface area (Å²) in [5.74, 6) is 0.964. The van der Waals surface area contributed by atoms with Crippen molar-refractivity contribution in [2.45, 2.75) is 51.7 Å². The summed E-state index contributed by atoms with van der Waals surface area (Å²) in [4.78, 5) is 28.9. The molecule has 1 aromatic carbocycles. The molecule has 0 saturated carbocycles. The van der Waals surface area contributed by atoms with Crippen LogP contribution in [0.4, 0.5) is 10.7 Å². The predicted octanol–water partition coefficient (Wildman–Crippen LogP) is 5.12. The van der Waals surface area contributed by atoms with Gasteiger partial charge in [0.1, 0.15) is 5.00 Å². The highest BCUT2D eigenvalue weighted by Crippen LogP contribution is 2.40. The third kappa shape index (κ3) is 5.59. The van der Waals surface area contributed by atoms with Crippen LogP contribution in [0.1, 0.15) is 48.0 Å². The van der Waals surface area contributed by atoms with Gasteiger partial charge >= 0.3 is 5.97 Å². The van der Waals surface area contributed by atoms with Crippen LogP contribution in [0.3, 0.4) is 0 Å². The number of thiophene rings is 1. The van der Waals surface area contributed by atoms with Gasteiger partial charge in [0.15, 0.2) is 11.0 Å². The third-order valence-electron chi connectivity index (χ3n) is 6.23. The number of nitrogens with one attached hydrogen (secondary N) is 1. The fraction of sp³-hybridized carbons (Fsp3) is 0.462. The fourth-order valence-corrected chi connectivity index (χ4v) is 6.59. The number of esters is 1. The lowest BCUT2D eigenvalue weighted by atomic mass is 9.88. The van der Waals surface area contributed by atoms with E-state index in [1.165, 1.54) is 28.0 Å². The Morgan fingerprint density at radius 2 is 2.08 bits per heavy atom. The number of benzene rings is 1. The first-order chi connectivity index (χ1) is 17.3. The van der Waals surface area contributed by atoms with Gasteiger partial charge in [-0.1, -0.05) is 30.8 Å². The smallest absolute Gasteiger partial charge is 0.341 e. The van der Waals surface area contributed by atoms with Gasteiger partial charge in [0.2, 0.25) is 5.91 Å². The quantitative estimate of drug-likeness (QED) is 0.305. The van der Waals surface area contributed by atoms with E-state index in [4.69, 9.17) is 4.74 Å². The summed E-state index contributed by atoms with van der Waals surface area (Å²) in [6.45, 7) is 7.03. The number of nitrogens with zero attached hydrogens (tertiary/aromatic N) is 4. The number of ether oxygens (including phenoxy) is 1. The predicted molar refractivity (Wildman–Crippen MR) is 146 cm³/mol. The van der Waals surface area contributed by atoms with E-state index in [9.17, 15) is 9.59 Å². The molecule has 1 N–H and O–H groups in total. The number of hydrogen-bond donors (Lipinski definition) is 1. The standard InChI is InChI=1S/C26H33N5O3S2/c1-6-31-23(17-9-8-10-18(14-17)30(4)5)28-29-26(31)35-15-21(32)27-24-22(25(33)34-7-2)19-12-11-16(3)13-20(19)36-24/h8-10,14,16H,6-7,11-13,15H2,1-5H3,(H,27,32). The lowest BCUT2D eigenvalue weighted by Gasteiger charge is -2.18. The maximum atomic E-state index is 13.0. The Morgan fingerprint density at radius 1 is 1.28 bits per heavy atom. The van der Waals surface area contributed by atoms with Crippen molar-refractivity contribution in [1.29, 1.82) is 0 Å². The Hall–Kier alpha value is -2.85. The van der Waals surface area contributed by atoms with Crippen molar-refractivity contribution in [2.24, 2.45) is 5.92 Å². The summed E-state index contributed by atoms with van der Waals surface area (Å²) >= 11 is 2.84. The fourth-order valence-electron chi connectivity index (χ4n) is 4.37. The Bertz CT molecular complexity index is 1250. The van der Waals surface area contributed by atoms with E-state index in [2.05, 4.69) is 28.5 Å². The van der Waals surface area contributed by atoms with Crippen molar-refractivity contribution in [1.82, 2.24) is 14.8 Å². The minimum atomic E-state index is -0.358. The van der Waals surface area contributed by atoms with E-state index in [0.717, 1.165) is 41.9 Å². The van der Waals surface area contributed by atoms with Gasteiger partial charge in [-0.3, -0.25) is 4.79 Å². The van der Waals surface area contributed by atoms with Crippen LogP contribution in [-0.2, 0) is 28.9 Å². The van der Waals surface area contributed by atoms with E-state index < -0.39 is 0 Å². The zero-order valence-corrected chi connectivity index (χ0v) is 23.1. The number of rotatable bonds is 9. The first-order valence-corrected chi connectivity index (χ1v) is 14.1. The lowest BCUT2D eigenvalue weighted by Crippen LogP contribution is -2.18. The number of anilines is 2. The highest BCUT2D eigenvalue weighted by molar-refractivity contribution is 7.99. The molecule has 4 rings (SSSR count). The van der Waals surface area contributed by atoms with Crippen LogP contribution in [-0.4, -0.2) is 53.1 Å². The molecule has 0 bridgehead atoms. The Labute approximate surface area is 220 Å². The Kier molecular flexibility index (Phi) is 8.35. The van der Waals surface area contributed by atoms with Crippen LogP contribution in [0, 0.1) is 5.92 Å². The number of thioether (sulfide) groups is 1. The minimum Gasteiger partial charge on any atom is -0.462 e. The Morgan fingerprint density at radius 3 is 2.81 bits per heavy atom. The minimum absolute atomic E-state index is 0.164. The van der Waals surface area contributed by atoms with E-state index in [0.29, 0.717) is 34.8 Å². The molecule has 1 atom stereocenters. The molecule has 1 aliphatic carbocycles. The van der Waals surface area contributed by atoms with Crippen LogP contribution in [0.5, 0.6) is 0 Å². The molecular formula is C26H33N5O3S2. The number of aromatic nitrogens is 3. The van der Waals surface area contributed by atoms with Crippen molar-refractivity contribution in [3.63, 3.8) is 0 Å². The van der Waals surface area contributed by atoms with Gasteiger partial charge in [0.05, 0.1) is 17.9 Å². The highest BCUT2D eigenvalue weighted by atomic mass is 32.2. The van der Waals surface area contributed by atoms with Crippen LogP contribution in [0.25, 0.3) is 11.4 Å². The maximum Gasteiger partial charge on any atom is 0.341 e. The summed E-state index contributed by atoms with van der Waals surface area (Å²) in [5.41, 5.74) is 3.62. The topological polar surface area (TPSA) is 89.3 Å². The molecule has 8 nitrogen and oxygen atoms in total. The molecule has 3 aromatic rings. The van der Waals surface area contributed by atoms with E-state index in [1.807, 2.05) is 48.7 Å². The number of amides is 1. The molecule has 1 amide bonds. The molecule has 0 radical (unpaired) electrons. The van der Waals surface area contributed by atoms with E-state index >= 15 is 0 Å². The van der Waals surface area contributed by atoms with Crippen molar-refractivity contribution >= 4 is 45.7 Å². The van der Waals surface area contributed by atoms with Gasteiger partial charge < -0.3 is 19.5 Å². The second-order valence-electron chi connectivity index (χ2n) is 9.11. The summed E-state index contributed by atoms with van der Waals surface area (Å²) < 4.78 is 7.33. The number of fused-ring (bicyclic) bond motifs is 1. The molecule has 1 unspecified atom stereocenters. The van der Waals surface area contributed by atoms with E-state index in [-0.39, 0.29) is 17.6 Å². The molecule has 36 heavy (non-hydrogen) atoms. The van der Waals surface area contributed by atoms with Gasteiger partial charge in [-0.15, -0.1) is 21.5 Å². The van der Waals surface area contributed by atoms with Crippen LogP contribution in [0.2, 0.25) is 0 Å². The number of hydrogen-bond acceptors (Lipinski definition) is 8. The summed E-state index contributed by atoms with van der Waals surface area (Å²) in [6.07, 6.45) is 2.80. The highest BCUT2D eigenvalue weighted by Gasteiger charge is 2.29. The normalized spacial score (nSPS) is 14.9. The van der Waals surface area contributed by atoms with Crippen molar-refractivity contribution in [3.05, 3.63) is 40.3 Å². The SMILES string of the molecule is CCOC(=O)c1c(NC(=O)CSc2nnc(-c3cccc(N(C)C)c3)n2CC)sc2c1CCC(C)C2. The van der Waals surface area contributed by atoms with Gasteiger partial charge in [0.25, 0.3) is 0 Å². The van der Waals surface area contributed by atoms with Crippen molar-refractivity contribution in [3.8, 4) is 11.4 Å². The summed E-state index contributed by atoms with van der Waals surface area (Å²) in [5, 5.41) is 13.0. The largest absolute Gasteiger partial charge is 0.462 e. The molecule has 0 fully saturated rings. The van der Waals surface area contributed by atoms with Gasteiger partial charge in [-0.05, 0) is 56.7 Å². The van der Waals surface area contributed by atoms with Crippen LogP contribution < -0.4 is 10.2 Å². The molecule has 0 saturated heterocycles. The monoisotopic (exact) mass is 527 g/mol. The van der Waals surface area contributed by atoms with E-state index in [1.54, 1.807) is 6.92 Å². The second-order valence-corrected chi connectivity index (χ2v) is 11.2. The van der Waals surface area contributed by atoms with Crippen LogP contribution in [0.15, 0.2) is 29.4 Å². The average molecular weight is 528 g/mol. The van der Waals surface area contributed by atoms with Gasteiger partial charge in [-0.2, -0.15) is 0 Å². The first-order valence-electron chi connectivity index (χ1n) is 12.3. The first kappa shape index (κ1) is 26.2. The molecule has 2 aromatic heterocycles. The molecule has 1 aliphatic rings. The number of carbonyl (C=O) groups excluding carboxylic acids is 2. The lowest BCUT2D eigenvalue weighted by molar-refractivity contribution is -0.113. The van der Waals surface area contributed by atoms with Gasteiger partial charge in [0, 0.05) is 36.8 Å². The number of carbonyl (C=O) groups is 2. The van der Waals surface area contributed by atoms with Gasteiger partial charge in [-0.25, -0.2) is 4.79 Å². The third-order valence-corrected chi connectivity index (χ3v) is 8.37. The average Bonchev–Trinajstić information content (AvgIpc) is 3.43. The zero-order chi connectivity index (χ0) is 25.8. The second kappa shape index (κ2) is 11.5. The van der Waals surface area contributed by atoms with Crippen molar-refractivity contribution in [2.75, 3.05) is 36.7 Å². The molecule has 10 heteroatoms. The van der Waals surface area contributed by atoms with Crippen molar-refractivity contribution < 1.29 is 14.3 Å². The van der Waals surface area contributed by atoms with Crippen LogP contribution >= 0.6 is 23.1 Å². The Balaban J connectivity index is 1.49. The molecule has 2 heterocycles. The zero-order valence-electron chi connectivity index (χ0n) is 21.5. The molecule has 192 valence electrons. The molecule has 0 spiro atoms. The maximum absolute atomic E-state index is 13.0. The molecule has 0 aliphatic heterocycles. The summed E-state index contributed by atoms with van der Waals surface area (Å²) in [6, 6.07) is 8.14. The molecular weight excluding hydrogens is 494 g/mol.